The molecule has 1 heterocycles. The highest BCUT2D eigenvalue weighted by Gasteiger charge is 2.28. The van der Waals surface area contributed by atoms with Crippen LogP contribution in [0.4, 0.5) is 0 Å². The summed E-state index contributed by atoms with van der Waals surface area (Å²) in [4.78, 5) is 12.9. The Morgan fingerprint density at radius 1 is 1.22 bits per heavy atom. The number of nitrogens with one attached hydrogen (secondary N) is 1. The van der Waals surface area contributed by atoms with Gasteiger partial charge in [-0.15, -0.1) is 0 Å². The van der Waals surface area contributed by atoms with Crippen LogP contribution in [0.3, 0.4) is 0 Å². The maximum atomic E-state index is 13.0. The largest absolute Gasteiger partial charge is 0.346 e. The van der Waals surface area contributed by atoms with Crippen LogP contribution in [-0.4, -0.2) is 43.8 Å². The van der Waals surface area contributed by atoms with Crippen LogP contribution in [0.5, 0.6) is 0 Å². The normalized spacial score (nSPS) is 18.7. The van der Waals surface area contributed by atoms with Crippen LogP contribution in [0, 0.1) is 5.92 Å². The second kappa shape index (κ2) is 9.17. The Kier molecular flexibility index (Phi) is 7.42. The summed E-state index contributed by atoms with van der Waals surface area (Å²) in [5.74, 6) is 0.0881. The Morgan fingerprint density at radius 2 is 1.85 bits per heavy atom. The summed E-state index contributed by atoms with van der Waals surface area (Å²) in [5.41, 5.74) is 5.69. The third-order valence-electron chi connectivity index (χ3n) is 5.02. The Balaban J connectivity index is 2.22. The first-order valence-electron chi connectivity index (χ1n) is 9.81. The highest BCUT2D eigenvalue weighted by Crippen LogP contribution is 2.22. The highest BCUT2D eigenvalue weighted by molar-refractivity contribution is 7.89. The SMILES string of the molecule is CC(C)CC(C)(CN)NC(=O)c1cccc(S(=O)(=O)N2CCCCCC2)c1. The molecule has 0 spiro atoms. The number of carbonyl (C=O) groups excluding carboxylic acids is 1. The number of nitrogens with two attached hydrogens (primary N) is 1. The van der Waals surface area contributed by atoms with Crippen LogP contribution in [0.15, 0.2) is 29.2 Å². The lowest BCUT2D eigenvalue weighted by molar-refractivity contribution is 0.0898. The van der Waals surface area contributed by atoms with Gasteiger partial charge in [0.05, 0.1) is 4.90 Å². The first kappa shape index (κ1) is 21.9. The fraction of sp³-hybridized carbons (Fsp3) is 0.650. The van der Waals surface area contributed by atoms with Gasteiger partial charge in [0.1, 0.15) is 0 Å². The van der Waals surface area contributed by atoms with E-state index in [0.717, 1.165) is 32.1 Å². The predicted molar refractivity (Wildman–Crippen MR) is 108 cm³/mol. The van der Waals surface area contributed by atoms with Crippen molar-refractivity contribution in [2.24, 2.45) is 11.7 Å². The van der Waals surface area contributed by atoms with Gasteiger partial charge in [0, 0.05) is 30.7 Å². The number of carbonyl (C=O) groups is 1. The smallest absolute Gasteiger partial charge is 0.251 e. The number of rotatable bonds is 7. The third kappa shape index (κ3) is 5.77. The minimum absolute atomic E-state index is 0.176. The van der Waals surface area contributed by atoms with Gasteiger partial charge in [-0.1, -0.05) is 32.8 Å². The van der Waals surface area contributed by atoms with Crippen molar-refractivity contribution in [3.05, 3.63) is 29.8 Å². The van der Waals surface area contributed by atoms with Gasteiger partial charge in [-0.25, -0.2) is 8.42 Å². The molecule has 1 aliphatic rings. The predicted octanol–water partition coefficient (Wildman–Crippen LogP) is 2.74. The maximum Gasteiger partial charge on any atom is 0.251 e. The lowest BCUT2D eigenvalue weighted by atomic mass is 9.90. The number of hydrogen-bond acceptors (Lipinski definition) is 4. The van der Waals surface area contributed by atoms with Crippen LogP contribution in [0.2, 0.25) is 0 Å². The Bertz CT molecular complexity index is 741. The van der Waals surface area contributed by atoms with E-state index in [2.05, 4.69) is 19.2 Å². The van der Waals surface area contributed by atoms with Crippen molar-refractivity contribution in [2.75, 3.05) is 19.6 Å². The van der Waals surface area contributed by atoms with E-state index in [1.165, 1.54) is 6.07 Å². The summed E-state index contributed by atoms with van der Waals surface area (Å²) in [5, 5.41) is 2.99. The molecule has 1 aromatic carbocycles. The van der Waals surface area contributed by atoms with Gasteiger partial charge in [-0.05, 0) is 50.3 Å². The molecule has 1 amide bonds. The maximum absolute atomic E-state index is 13.0. The molecule has 7 heteroatoms. The van der Waals surface area contributed by atoms with Crippen molar-refractivity contribution in [3.63, 3.8) is 0 Å². The molecule has 0 bridgehead atoms. The van der Waals surface area contributed by atoms with Crippen molar-refractivity contribution in [3.8, 4) is 0 Å². The van der Waals surface area contributed by atoms with Gasteiger partial charge in [-0.3, -0.25) is 4.79 Å². The van der Waals surface area contributed by atoms with Crippen molar-refractivity contribution in [2.45, 2.75) is 63.3 Å². The molecule has 6 nitrogen and oxygen atoms in total. The van der Waals surface area contributed by atoms with Crippen molar-refractivity contribution >= 4 is 15.9 Å². The number of hydrogen-bond donors (Lipinski definition) is 2. The summed E-state index contributed by atoms with van der Waals surface area (Å²) in [6.45, 7) is 7.48. The van der Waals surface area contributed by atoms with Crippen LogP contribution in [-0.2, 0) is 10.0 Å². The van der Waals surface area contributed by atoms with E-state index in [4.69, 9.17) is 5.73 Å². The molecule has 2 rings (SSSR count). The van der Waals surface area contributed by atoms with Crippen LogP contribution in [0.25, 0.3) is 0 Å². The van der Waals surface area contributed by atoms with Gasteiger partial charge in [0.15, 0.2) is 0 Å². The average molecular weight is 396 g/mol. The number of nitrogens with zero attached hydrogens (tertiary/aromatic N) is 1. The van der Waals surface area contributed by atoms with E-state index in [1.807, 2.05) is 6.92 Å². The van der Waals surface area contributed by atoms with E-state index < -0.39 is 15.6 Å². The van der Waals surface area contributed by atoms with Gasteiger partial charge in [0.25, 0.3) is 5.91 Å². The topological polar surface area (TPSA) is 92.5 Å². The molecule has 1 fully saturated rings. The molecule has 1 aromatic rings. The lowest BCUT2D eigenvalue weighted by Gasteiger charge is -2.31. The van der Waals surface area contributed by atoms with E-state index in [9.17, 15) is 13.2 Å². The first-order chi connectivity index (χ1) is 12.7. The standard InChI is InChI=1S/C20H33N3O3S/c1-16(2)14-20(3,15-21)22-19(24)17-9-8-10-18(13-17)27(25,26)23-11-6-4-5-7-12-23/h8-10,13,16H,4-7,11-12,14-15,21H2,1-3H3,(H,22,24). The second-order valence-corrected chi connectivity index (χ2v) is 10.1. The van der Waals surface area contributed by atoms with E-state index >= 15 is 0 Å². The Morgan fingerprint density at radius 3 is 2.41 bits per heavy atom. The van der Waals surface area contributed by atoms with Gasteiger partial charge >= 0.3 is 0 Å². The molecule has 0 aliphatic carbocycles. The second-order valence-electron chi connectivity index (χ2n) is 8.16. The molecular weight excluding hydrogens is 362 g/mol. The van der Waals surface area contributed by atoms with Crippen LogP contribution >= 0.6 is 0 Å². The zero-order chi connectivity index (χ0) is 20.1. The van der Waals surface area contributed by atoms with E-state index in [0.29, 0.717) is 31.1 Å². The van der Waals surface area contributed by atoms with Gasteiger partial charge in [-0.2, -0.15) is 4.31 Å². The molecule has 0 aromatic heterocycles. The summed E-state index contributed by atoms with van der Waals surface area (Å²) >= 11 is 0. The van der Waals surface area contributed by atoms with Crippen molar-refractivity contribution in [1.82, 2.24) is 9.62 Å². The minimum Gasteiger partial charge on any atom is -0.346 e. The molecule has 1 atom stereocenters. The molecular formula is C20H33N3O3S. The lowest BCUT2D eigenvalue weighted by Crippen LogP contribution is -2.52. The fourth-order valence-corrected chi connectivity index (χ4v) is 5.23. The van der Waals surface area contributed by atoms with Gasteiger partial charge < -0.3 is 11.1 Å². The number of amides is 1. The molecule has 152 valence electrons. The summed E-state index contributed by atoms with van der Waals surface area (Å²) in [6, 6.07) is 6.31. The zero-order valence-electron chi connectivity index (χ0n) is 16.7. The van der Waals surface area contributed by atoms with Crippen LogP contribution < -0.4 is 11.1 Å². The number of sulfonamides is 1. The molecule has 3 N–H and O–H groups in total. The molecule has 0 saturated carbocycles. The highest BCUT2D eigenvalue weighted by atomic mass is 32.2. The number of benzene rings is 1. The summed E-state index contributed by atoms with van der Waals surface area (Å²) in [7, 11) is -3.58. The Labute approximate surface area is 163 Å². The van der Waals surface area contributed by atoms with E-state index in [1.54, 1.807) is 22.5 Å². The first-order valence-corrected chi connectivity index (χ1v) is 11.2. The quantitative estimate of drug-likeness (QED) is 0.742. The fourth-order valence-electron chi connectivity index (χ4n) is 3.66. The molecule has 1 aliphatic heterocycles. The van der Waals surface area contributed by atoms with Crippen molar-refractivity contribution < 1.29 is 13.2 Å². The van der Waals surface area contributed by atoms with E-state index in [-0.39, 0.29) is 10.8 Å². The molecule has 1 saturated heterocycles. The molecule has 27 heavy (non-hydrogen) atoms. The van der Waals surface area contributed by atoms with Gasteiger partial charge in [0.2, 0.25) is 10.0 Å². The zero-order valence-corrected chi connectivity index (χ0v) is 17.5. The summed E-state index contributed by atoms with van der Waals surface area (Å²) < 4.78 is 27.5. The molecule has 1 unspecified atom stereocenters. The summed E-state index contributed by atoms with van der Waals surface area (Å²) in [6.07, 6.45) is 4.62. The monoisotopic (exact) mass is 395 g/mol. The Hall–Kier alpha value is -1.44. The van der Waals surface area contributed by atoms with Crippen molar-refractivity contribution in [1.29, 1.82) is 0 Å². The minimum atomic E-state index is -3.58. The third-order valence-corrected chi connectivity index (χ3v) is 6.92. The average Bonchev–Trinajstić information content (AvgIpc) is 2.91. The van der Waals surface area contributed by atoms with Crippen LogP contribution in [0.1, 0.15) is 63.2 Å². The molecule has 0 radical (unpaired) electrons.